The van der Waals surface area contributed by atoms with E-state index in [0.717, 1.165) is 35.7 Å². The zero-order valence-corrected chi connectivity index (χ0v) is 10.7. The second-order valence-corrected chi connectivity index (χ2v) is 4.41. The van der Waals surface area contributed by atoms with Crippen molar-refractivity contribution < 1.29 is 0 Å². The zero-order chi connectivity index (χ0) is 13.2. The minimum atomic E-state index is 0.505. The highest BCUT2D eigenvalue weighted by atomic mass is 15.0. The van der Waals surface area contributed by atoms with Crippen LogP contribution in [0.1, 0.15) is 19.2 Å². The van der Waals surface area contributed by atoms with Crippen molar-refractivity contribution in [3.8, 4) is 11.4 Å². The molecule has 0 spiro atoms. The molecule has 0 amide bonds. The summed E-state index contributed by atoms with van der Waals surface area (Å²) in [5.74, 6) is 1.29. The molecule has 0 saturated heterocycles. The second kappa shape index (κ2) is 4.68. The Hall–Kier alpha value is -2.43. The molecular weight excluding hydrogens is 238 g/mol. The van der Waals surface area contributed by atoms with Gasteiger partial charge < -0.3 is 5.73 Å². The van der Waals surface area contributed by atoms with Crippen molar-refractivity contribution in [1.82, 2.24) is 19.4 Å². The Morgan fingerprint density at radius 3 is 3.00 bits per heavy atom. The van der Waals surface area contributed by atoms with E-state index in [1.807, 2.05) is 28.8 Å². The lowest BCUT2D eigenvalue weighted by molar-refractivity contribution is 0.838. The van der Waals surface area contributed by atoms with Crippen LogP contribution in [0.2, 0.25) is 0 Å². The van der Waals surface area contributed by atoms with Gasteiger partial charge >= 0.3 is 0 Å². The van der Waals surface area contributed by atoms with Crippen LogP contribution in [0.25, 0.3) is 17.0 Å². The van der Waals surface area contributed by atoms with Crippen LogP contribution in [-0.2, 0) is 6.42 Å². The van der Waals surface area contributed by atoms with Crippen molar-refractivity contribution in [2.45, 2.75) is 19.8 Å². The molecule has 3 rings (SSSR count). The SMILES string of the molecule is CCCc1nc(N)cc(-c2cccc3nccn23)n1. The molecular formula is C14H15N5. The Kier molecular flexibility index (Phi) is 2.87. The third kappa shape index (κ3) is 2.14. The smallest absolute Gasteiger partial charge is 0.137 e. The second-order valence-electron chi connectivity index (χ2n) is 4.41. The highest BCUT2D eigenvalue weighted by Gasteiger charge is 2.08. The minimum Gasteiger partial charge on any atom is -0.384 e. The molecule has 3 heterocycles. The number of aryl methyl sites for hydroxylation is 1. The lowest BCUT2D eigenvalue weighted by atomic mass is 10.2. The normalized spacial score (nSPS) is 11.0. The Morgan fingerprint density at radius 2 is 2.16 bits per heavy atom. The summed E-state index contributed by atoms with van der Waals surface area (Å²) >= 11 is 0. The summed E-state index contributed by atoms with van der Waals surface area (Å²) in [5, 5.41) is 0. The molecule has 2 N–H and O–H groups in total. The van der Waals surface area contributed by atoms with E-state index in [0.29, 0.717) is 5.82 Å². The lowest BCUT2D eigenvalue weighted by Gasteiger charge is -2.07. The van der Waals surface area contributed by atoms with Gasteiger partial charge in [-0.05, 0) is 18.6 Å². The highest BCUT2D eigenvalue weighted by molar-refractivity contribution is 5.62. The fourth-order valence-corrected chi connectivity index (χ4v) is 2.14. The topological polar surface area (TPSA) is 69.1 Å². The van der Waals surface area contributed by atoms with Crippen LogP contribution >= 0.6 is 0 Å². The van der Waals surface area contributed by atoms with E-state index in [-0.39, 0.29) is 0 Å². The molecule has 0 aliphatic rings. The van der Waals surface area contributed by atoms with E-state index in [4.69, 9.17) is 5.73 Å². The molecule has 0 fully saturated rings. The number of anilines is 1. The fraction of sp³-hybridized carbons (Fsp3) is 0.214. The number of aromatic nitrogens is 4. The van der Waals surface area contributed by atoms with Gasteiger partial charge in [0.05, 0.1) is 11.4 Å². The van der Waals surface area contributed by atoms with Crippen LogP contribution in [0.3, 0.4) is 0 Å². The first-order valence-corrected chi connectivity index (χ1v) is 6.34. The average Bonchev–Trinajstić information content (AvgIpc) is 2.86. The van der Waals surface area contributed by atoms with E-state index < -0.39 is 0 Å². The Bertz CT molecular complexity index is 717. The molecule has 0 atom stereocenters. The van der Waals surface area contributed by atoms with Gasteiger partial charge in [-0.15, -0.1) is 0 Å². The van der Waals surface area contributed by atoms with Gasteiger partial charge in [0.2, 0.25) is 0 Å². The summed E-state index contributed by atoms with van der Waals surface area (Å²) in [6, 6.07) is 7.73. The van der Waals surface area contributed by atoms with Gasteiger partial charge in [-0.1, -0.05) is 13.0 Å². The van der Waals surface area contributed by atoms with Crippen LogP contribution in [0.5, 0.6) is 0 Å². The van der Waals surface area contributed by atoms with Crippen LogP contribution < -0.4 is 5.73 Å². The summed E-state index contributed by atoms with van der Waals surface area (Å²) in [6.07, 6.45) is 5.52. The Balaban J connectivity index is 2.18. The molecule has 19 heavy (non-hydrogen) atoms. The first-order valence-electron chi connectivity index (χ1n) is 6.34. The number of hydrogen-bond donors (Lipinski definition) is 1. The molecule has 0 radical (unpaired) electrons. The van der Waals surface area contributed by atoms with Crippen molar-refractivity contribution in [3.63, 3.8) is 0 Å². The Morgan fingerprint density at radius 1 is 1.26 bits per heavy atom. The number of nitrogens with zero attached hydrogens (tertiary/aromatic N) is 4. The number of nitrogen functional groups attached to an aromatic ring is 1. The number of nitrogens with two attached hydrogens (primary N) is 1. The van der Waals surface area contributed by atoms with E-state index >= 15 is 0 Å². The monoisotopic (exact) mass is 253 g/mol. The highest BCUT2D eigenvalue weighted by Crippen LogP contribution is 2.20. The largest absolute Gasteiger partial charge is 0.384 e. The van der Waals surface area contributed by atoms with Crippen LogP contribution in [-0.4, -0.2) is 19.4 Å². The van der Waals surface area contributed by atoms with E-state index in [1.54, 1.807) is 12.3 Å². The third-order valence-electron chi connectivity index (χ3n) is 2.96. The molecule has 5 heteroatoms. The average molecular weight is 253 g/mol. The van der Waals surface area contributed by atoms with Gasteiger partial charge in [-0.3, -0.25) is 4.40 Å². The molecule has 0 aromatic carbocycles. The fourth-order valence-electron chi connectivity index (χ4n) is 2.14. The maximum absolute atomic E-state index is 5.87. The van der Waals surface area contributed by atoms with Gasteiger partial charge in [0.15, 0.2) is 0 Å². The van der Waals surface area contributed by atoms with Gasteiger partial charge in [0.25, 0.3) is 0 Å². The summed E-state index contributed by atoms with van der Waals surface area (Å²) in [4.78, 5) is 13.1. The van der Waals surface area contributed by atoms with Gasteiger partial charge in [-0.25, -0.2) is 15.0 Å². The molecule has 3 aromatic heterocycles. The zero-order valence-electron chi connectivity index (χ0n) is 10.7. The predicted molar refractivity (Wildman–Crippen MR) is 74.6 cm³/mol. The molecule has 5 nitrogen and oxygen atoms in total. The standard InChI is InChI=1S/C14H15N5/c1-2-4-13-17-10(9-12(15)18-13)11-5-3-6-14-16-7-8-19(11)14/h3,5-9H,2,4H2,1H3,(H2,15,17,18). The van der Waals surface area contributed by atoms with Crippen LogP contribution in [0.15, 0.2) is 36.7 Å². The van der Waals surface area contributed by atoms with Crippen molar-refractivity contribution in [3.05, 3.63) is 42.5 Å². The minimum absolute atomic E-state index is 0.505. The quantitative estimate of drug-likeness (QED) is 0.777. The first-order chi connectivity index (χ1) is 9.28. The van der Waals surface area contributed by atoms with Crippen LogP contribution in [0, 0.1) is 0 Å². The number of pyridine rings is 1. The predicted octanol–water partition coefficient (Wildman–Crippen LogP) is 2.33. The number of hydrogen-bond acceptors (Lipinski definition) is 4. The summed E-state index contributed by atoms with van der Waals surface area (Å²) < 4.78 is 2.00. The van der Waals surface area contributed by atoms with Crippen molar-refractivity contribution in [2.75, 3.05) is 5.73 Å². The summed E-state index contributed by atoms with van der Waals surface area (Å²) in [6.45, 7) is 2.10. The summed E-state index contributed by atoms with van der Waals surface area (Å²) in [7, 11) is 0. The van der Waals surface area contributed by atoms with Gasteiger partial charge in [0.1, 0.15) is 17.3 Å². The lowest BCUT2D eigenvalue weighted by Crippen LogP contribution is -2.02. The van der Waals surface area contributed by atoms with E-state index in [9.17, 15) is 0 Å². The van der Waals surface area contributed by atoms with Gasteiger partial charge in [-0.2, -0.15) is 0 Å². The maximum atomic E-state index is 5.87. The van der Waals surface area contributed by atoms with E-state index in [1.165, 1.54) is 0 Å². The van der Waals surface area contributed by atoms with Crippen molar-refractivity contribution in [1.29, 1.82) is 0 Å². The van der Waals surface area contributed by atoms with E-state index in [2.05, 4.69) is 21.9 Å². The molecule has 0 unspecified atom stereocenters. The summed E-state index contributed by atoms with van der Waals surface area (Å²) in [5.41, 5.74) is 8.57. The Labute approximate surface area is 111 Å². The molecule has 0 aliphatic carbocycles. The first kappa shape index (κ1) is 11.6. The number of rotatable bonds is 3. The molecule has 0 saturated carbocycles. The van der Waals surface area contributed by atoms with Gasteiger partial charge in [0, 0.05) is 24.9 Å². The molecule has 96 valence electrons. The number of fused-ring (bicyclic) bond motifs is 1. The van der Waals surface area contributed by atoms with Crippen LogP contribution in [0.4, 0.5) is 5.82 Å². The maximum Gasteiger partial charge on any atom is 0.137 e. The third-order valence-corrected chi connectivity index (χ3v) is 2.96. The number of imidazole rings is 1. The molecule has 3 aromatic rings. The van der Waals surface area contributed by atoms with Crippen molar-refractivity contribution in [2.24, 2.45) is 0 Å². The molecule has 0 bridgehead atoms. The van der Waals surface area contributed by atoms with Crippen molar-refractivity contribution >= 4 is 11.5 Å². The molecule has 0 aliphatic heterocycles.